The molecule has 0 radical (unpaired) electrons. The van der Waals surface area contributed by atoms with Crippen LogP contribution >= 0.6 is 0 Å². The zero-order valence-corrected chi connectivity index (χ0v) is 17.2. The number of aromatic hydroxyl groups is 4. The summed E-state index contributed by atoms with van der Waals surface area (Å²) in [7, 11) is 0. The molecule has 0 saturated carbocycles. The second-order valence-electron chi connectivity index (χ2n) is 8.49. The third kappa shape index (κ3) is 3.84. The maximum Gasteiger partial charge on any atom is 0.204 e. The number of hydrogen-bond donors (Lipinski definition) is 4. The molecule has 1 heterocycles. The zero-order chi connectivity index (χ0) is 21.5. The quantitative estimate of drug-likeness (QED) is 0.344. The Morgan fingerprint density at radius 1 is 0.759 bits per heavy atom. The van der Waals surface area contributed by atoms with Crippen molar-refractivity contribution in [3.05, 3.63) is 33.5 Å². The average Bonchev–Trinajstić information content (AvgIpc) is 2.61. The molecular weight excluding hydrogens is 372 g/mol. The van der Waals surface area contributed by atoms with Gasteiger partial charge in [-0.25, -0.2) is 0 Å². The van der Waals surface area contributed by atoms with Gasteiger partial charge in [0.05, 0.1) is 5.39 Å². The van der Waals surface area contributed by atoms with Crippen molar-refractivity contribution in [1.82, 2.24) is 0 Å². The number of rotatable bonds is 6. The fraction of sp³-hybridized carbons (Fsp3) is 0.435. The minimum absolute atomic E-state index is 0.0232. The number of aryl methyl sites for hydroxylation is 1. The van der Waals surface area contributed by atoms with E-state index < -0.39 is 5.43 Å². The molecule has 4 N–H and O–H groups in total. The highest BCUT2D eigenvalue weighted by Gasteiger charge is 2.23. The fourth-order valence-electron chi connectivity index (χ4n) is 3.59. The molecule has 0 atom stereocenters. The van der Waals surface area contributed by atoms with Crippen LogP contribution in [-0.2, 0) is 12.8 Å². The molecule has 156 valence electrons. The average molecular weight is 400 g/mol. The van der Waals surface area contributed by atoms with Crippen LogP contribution in [0.25, 0.3) is 21.9 Å². The summed E-state index contributed by atoms with van der Waals surface area (Å²) in [6, 6.07) is 2.51. The number of fused-ring (bicyclic) bond motifs is 2. The molecule has 0 aliphatic heterocycles. The summed E-state index contributed by atoms with van der Waals surface area (Å²) >= 11 is 0. The number of hydrogen-bond acceptors (Lipinski definition) is 6. The van der Waals surface area contributed by atoms with E-state index in [1.54, 1.807) is 0 Å². The van der Waals surface area contributed by atoms with E-state index in [-0.39, 0.29) is 44.9 Å². The summed E-state index contributed by atoms with van der Waals surface area (Å²) in [6.07, 6.45) is 2.23. The molecule has 0 unspecified atom stereocenters. The van der Waals surface area contributed by atoms with Gasteiger partial charge in [0.15, 0.2) is 11.5 Å². The molecule has 3 rings (SSSR count). The Kier molecular flexibility index (Phi) is 5.64. The first-order chi connectivity index (χ1) is 13.6. The van der Waals surface area contributed by atoms with Crippen molar-refractivity contribution in [2.45, 2.75) is 53.4 Å². The van der Waals surface area contributed by atoms with Crippen molar-refractivity contribution in [2.75, 3.05) is 0 Å². The highest BCUT2D eigenvalue weighted by Crippen LogP contribution is 2.40. The van der Waals surface area contributed by atoms with Gasteiger partial charge in [0, 0.05) is 23.3 Å². The Morgan fingerprint density at radius 2 is 1.28 bits per heavy atom. The largest absolute Gasteiger partial charge is 0.507 e. The molecule has 0 bridgehead atoms. The van der Waals surface area contributed by atoms with Crippen LogP contribution in [0.4, 0.5) is 0 Å². The normalized spacial score (nSPS) is 11.9. The number of phenolic OH excluding ortho intramolecular Hbond substituents is 4. The third-order valence-corrected chi connectivity index (χ3v) is 5.31. The molecule has 0 spiro atoms. The van der Waals surface area contributed by atoms with E-state index in [0.29, 0.717) is 42.2 Å². The Bertz CT molecular complexity index is 1120. The van der Waals surface area contributed by atoms with Crippen molar-refractivity contribution in [3.63, 3.8) is 0 Å². The lowest BCUT2D eigenvalue weighted by molar-refractivity contribution is 0.398. The van der Waals surface area contributed by atoms with E-state index >= 15 is 0 Å². The second-order valence-corrected chi connectivity index (χ2v) is 8.49. The lowest BCUT2D eigenvalue weighted by Crippen LogP contribution is -2.08. The van der Waals surface area contributed by atoms with Gasteiger partial charge in [-0.1, -0.05) is 27.7 Å². The van der Waals surface area contributed by atoms with Crippen LogP contribution in [0.3, 0.4) is 0 Å². The van der Waals surface area contributed by atoms with Crippen molar-refractivity contribution >= 4 is 21.9 Å². The van der Waals surface area contributed by atoms with Gasteiger partial charge < -0.3 is 24.8 Å². The van der Waals surface area contributed by atoms with Gasteiger partial charge in [-0.2, -0.15) is 0 Å². The summed E-state index contributed by atoms with van der Waals surface area (Å²) < 4.78 is 5.76. The van der Waals surface area contributed by atoms with Crippen LogP contribution < -0.4 is 5.43 Å². The standard InChI is InChI=1S/C23H28O6/c1-11(2)5-7-13-15(24)9-18-20(22(13)27)23(28)19-14(8-6-12(3)4)21(26)16(25)10-17(19)29-18/h9-12,24-27H,5-8H2,1-4H3. The minimum Gasteiger partial charge on any atom is -0.507 e. The summed E-state index contributed by atoms with van der Waals surface area (Å²) in [4.78, 5) is 13.3. The fourth-order valence-corrected chi connectivity index (χ4v) is 3.59. The van der Waals surface area contributed by atoms with Crippen LogP contribution in [0, 0.1) is 11.8 Å². The van der Waals surface area contributed by atoms with Crippen LogP contribution in [0.1, 0.15) is 51.7 Å². The van der Waals surface area contributed by atoms with E-state index in [0.717, 1.165) is 6.42 Å². The molecule has 6 nitrogen and oxygen atoms in total. The van der Waals surface area contributed by atoms with Crippen molar-refractivity contribution < 1.29 is 24.8 Å². The van der Waals surface area contributed by atoms with Crippen molar-refractivity contribution in [3.8, 4) is 23.0 Å². The summed E-state index contributed by atoms with van der Waals surface area (Å²) in [5.74, 6) is -0.462. The van der Waals surface area contributed by atoms with E-state index in [9.17, 15) is 25.2 Å². The molecule has 29 heavy (non-hydrogen) atoms. The lowest BCUT2D eigenvalue weighted by atomic mass is 9.95. The van der Waals surface area contributed by atoms with E-state index in [4.69, 9.17) is 4.42 Å². The molecule has 0 saturated heterocycles. The predicted octanol–water partition coefficient (Wildman–Crippen LogP) is 4.95. The summed E-state index contributed by atoms with van der Waals surface area (Å²) in [5, 5.41) is 41.7. The molecule has 6 heteroatoms. The summed E-state index contributed by atoms with van der Waals surface area (Å²) in [5.41, 5.74) is 0.264. The number of phenols is 4. The topological polar surface area (TPSA) is 111 Å². The SMILES string of the molecule is CC(C)CCc1c(O)cc2oc3cc(O)c(O)c(CCC(C)C)c3c(=O)c2c1O. The molecule has 0 aliphatic carbocycles. The highest BCUT2D eigenvalue weighted by molar-refractivity contribution is 5.97. The summed E-state index contributed by atoms with van der Waals surface area (Å²) in [6.45, 7) is 8.12. The molecule has 0 amide bonds. The smallest absolute Gasteiger partial charge is 0.204 e. The van der Waals surface area contributed by atoms with Gasteiger partial charge in [-0.15, -0.1) is 0 Å². The molecule has 3 aromatic rings. The third-order valence-electron chi connectivity index (χ3n) is 5.31. The Hall–Kier alpha value is -2.89. The van der Waals surface area contributed by atoms with Crippen LogP contribution in [-0.4, -0.2) is 20.4 Å². The number of benzene rings is 2. The molecule has 1 aromatic heterocycles. The van der Waals surface area contributed by atoms with Gasteiger partial charge in [-0.3, -0.25) is 4.79 Å². The van der Waals surface area contributed by atoms with Gasteiger partial charge in [0.1, 0.15) is 28.1 Å². The maximum atomic E-state index is 13.3. The van der Waals surface area contributed by atoms with Crippen molar-refractivity contribution in [1.29, 1.82) is 0 Å². The van der Waals surface area contributed by atoms with Crippen LogP contribution in [0.2, 0.25) is 0 Å². The second kappa shape index (κ2) is 7.85. The zero-order valence-electron chi connectivity index (χ0n) is 17.2. The Balaban J connectivity index is 2.34. The van der Waals surface area contributed by atoms with Gasteiger partial charge in [0.25, 0.3) is 0 Å². The molecule has 2 aromatic carbocycles. The van der Waals surface area contributed by atoms with Gasteiger partial charge in [-0.05, 0) is 37.5 Å². The van der Waals surface area contributed by atoms with E-state index in [1.807, 2.05) is 27.7 Å². The van der Waals surface area contributed by atoms with Gasteiger partial charge >= 0.3 is 0 Å². The minimum atomic E-state index is -0.487. The van der Waals surface area contributed by atoms with E-state index in [1.165, 1.54) is 12.1 Å². The van der Waals surface area contributed by atoms with Crippen LogP contribution in [0.15, 0.2) is 21.3 Å². The first-order valence-corrected chi connectivity index (χ1v) is 9.99. The van der Waals surface area contributed by atoms with E-state index in [2.05, 4.69) is 0 Å². The van der Waals surface area contributed by atoms with Crippen molar-refractivity contribution in [2.24, 2.45) is 11.8 Å². The molecular formula is C23H28O6. The molecule has 0 aliphatic rings. The Labute approximate surface area is 169 Å². The monoisotopic (exact) mass is 400 g/mol. The predicted molar refractivity (Wildman–Crippen MR) is 113 cm³/mol. The van der Waals surface area contributed by atoms with Crippen LogP contribution in [0.5, 0.6) is 23.0 Å². The Morgan fingerprint density at radius 3 is 1.86 bits per heavy atom. The first-order valence-electron chi connectivity index (χ1n) is 9.99. The lowest BCUT2D eigenvalue weighted by Gasteiger charge is -2.14. The maximum absolute atomic E-state index is 13.3. The molecule has 0 fully saturated rings. The highest BCUT2D eigenvalue weighted by atomic mass is 16.3. The first kappa shape index (κ1) is 20.8. The van der Waals surface area contributed by atoms with Gasteiger partial charge in [0.2, 0.25) is 5.43 Å².